The van der Waals surface area contributed by atoms with E-state index in [2.05, 4.69) is 22.1 Å². The number of amides is 1. The lowest BCUT2D eigenvalue weighted by atomic mass is 10.00. The van der Waals surface area contributed by atoms with E-state index in [4.69, 9.17) is 0 Å². The largest absolute Gasteiger partial charge is 0.356 e. The number of nitrogens with zero attached hydrogens (tertiary/aromatic N) is 4. The number of hydrogen-bond donors (Lipinski definition) is 1. The highest BCUT2D eigenvalue weighted by atomic mass is 16.2. The second kappa shape index (κ2) is 9.43. The van der Waals surface area contributed by atoms with Gasteiger partial charge in [0.25, 0.3) is 5.56 Å². The van der Waals surface area contributed by atoms with Crippen molar-refractivity contribution >= 4 is 22.6 Å². The molecule has 0 radical (unpaired) electrons. The van der Waals surface area contributed by atoms with Crippen LogP contribution in [0.4, 0.5) is 0 Å². The van der Waals surface area contributed by atoms with Crippen molar-refractivity contribution in [2.75, 3.05) is 19.6 Å². The molecule has 3 aromatic heterocycles. The Kier molecular flexibility index (Phi) is 6.47. The van der Waals surface area contributed by atoms with E-state index in [0.29, 0.717) is 30.3 Å². The number of carbonyl (C=O) groups excluding carboxylic acids is 1. The van der Waals surface area contributed by atoms with Gasteiger partial charge in [-0.25, -0.2) is 4.98 Å². The van der Waals surface area contributed by atoms with Crippen LogP contribution in [-0.2, 0) is 11.3 Å². The van der Waals surface area contributed by atoms with Gasteiger partial charge in [0.05, 0.1) is 5.52 Å². The Labute approximate surface area is 176 Å². The van der Waals surface area contributed by atoms with E-state index in [1.165, 1.54) is 32.2 Å². The molecule has 1 saturated heterocycles. The monoisotopic (exact) mass is 409 g/mol. The van der Waals surface area contributed by atoms with Crippen molar-refractivity contribution in [3.05, 3.63) is 47.0 Å². The molecule has 1 aliphatic rings. The summed E-state index contributed by atoms with van der Waals surface area (Å²) in [7, 11) is 0. The van der Waals surface area contributed by atoms with Crippen LogP contribution in [0.5, 0.6) is 0 Å². The molecule has 1 fully saturated rings. The van der Waals surface area contributed by atoms with Crippen molar-refractivity contribution < 1.29 is 4.79 Å². The molecule has 1 aliphatic heterocycles. The van der Waals surface area contributed by atoms with E-state index in [1.54, 1.807) is 16.8 Å². The molecule has 4 rings (SSSR count). The number of fused-ring (bicyclic) bond motifs is 3. The summed E-state index contributed by atoms with van der Waals surface area (Å²) in [5.41, 5.74) is 1.96. The summed E-state index contributed by atoms with van der Waals surface area (Å²) in [6.07, 6.45) is 9.89. The second-order valence-corrected chi connectivity index (χ2v) is 8.11. The van der Waals surface area contributed by atoms with Crippen LogP contribution < -0.4 is 10.9 Å². The molecule has 4 heterocycles. The summed E-state index contributed by atoms with van der Waals surface area (Å²) >= 11 is 0. The molecule has 1 amide bonds. The summed E-state index contributed by atoms with van der Waals surface area (Å²) in [4.78, 5) is 32.2. The van der Waals surface area contributed by atoms with Gasteiger partial charge in [-0.2, -0.15) is 0 Å². The first-order chi connectivity index (χ1) is 14.7. The van der Waals surface area contributed by atoms with Crippen molar-refractivity contribution in [3.8, 4) is 0 Å². The molecule has 7 heteroatoms. The highest BCUT2D eigenvalue weighted by Gasteiger charge is 2.20. The van der Waals surface area contributed by atoms with Gasteiger partial charge in [0, 0.05) is 44.5 Å². The molecule has 0 aliphatic carbocycles. The van der Waals surface area contributed by atoms with Crippen molar-refractivity contribution in [2.24, 2.45) is 0 Å². The van der Waals surface area contributed by atoms with Crippen LogP contribution in [0.2, 0.25) is 0 Å². The Balaban J connectivity index is 1.33. The van der Waals surface area contributed by atoms with Crippen LogP contribution >= 0.6 is 0 Å². The van der Waals surface area contributed by atoms with Crippen LogP contribution in [0.1, 0.15) is 45.4 Å². The smallest absolute Gasteiger partial charge is 0.276 e. The fraction of sp³-hybridized carbons (Fsp3) is 0.522. The first kappa shape index (κ1) is 20.6. The molecule has 0 bridgehead atoms. The quantitative estimate of drug-likeness (QED) is 0.581. The highest BCUT2D eigenvalue weighted by Crippen LogP contribution is 2.19. The predicted octanol–water partition coefficient (Wildman–Crippen LogP) is 2.81. The van der Waals surface area contributed by atoms with Gasteiger partial charge in [-0.15, -0.1) is 0 Å². The Morgan fingerprint density at radius 3 is 2.93 bits per heavy atom. The number of carbonyl (C=O) groups is 1. The van der Waals surface area contributed by atoms with Gasteiger partial charge in [0.15, 0.2) is 5.65 Å². The van der Waals surface area contributed by atoms with Gasteiger partial charge >= 0.3 is 0 Å². The lowest BCUT2D eigenvalue weighted by Crippen LogP contribution is -2.40. The molecule has 0 saturated carbocycles. The Morgan fingerprint density at radius 2 is 2.07 bits per heavy atom. The van der Waals surface area contributed by atoms with Crippen molar-refractivity contribution in [3.63, 3.8) is 0 Å². The SMILES string of the molecule is CC[C@H]1CCCCN1CCCNC(=O)CCn1c(=O)c2cccn2c2cccnc21. The zero-order chi connectivity index (χ0) is 20.9. The third kappa shape index (κ3) is 4.26. The number of pyridine rings is 1. The molecular weight excluding hydrogens is 378 g/mol. The summed E-state index contributed by atoms with van der Waals surface area (Å²) in [6.45, 7) is 5.48. The topological polar surface area (TPSA) is 71.6 Å². The van der Waals surface area contributed by atoms with Crippen LogP contribution in [0.3, 0.4) is 0 Å². The fourth-order valence-electron chi connectivity index (χ4n) is 4.62. The van der Waals surface area contributed by atoms with E-state index < -0.39 is 0 Å². The number of likely N-dealkylation sites (tertiary alicyclic amines) is 1. The summed E-state index contributed by atoms with van der Waals surface area (Å²) in [6, 6.07) is 8.15. The van der Waals surface area contributed by atoms with E-state index in [-0.39, 0.29) is 17.9 Å². The van der Waals surface area contributed by atoms with Gasteiger partial charge in [-0.05, 0) is 56.5 Å². The minimum absolute atomic E-state index is 0.0214. The predicted molar refractivity (Wildman–Crippen MR) is 119 cm³/mol. The van der Waals surface area contributed by atoms with Gasteiger partial charge in [-0.3, -0.25) is 14.2 Å². The van der Waals surface area contributed by atoms with E-state index in [9.17, 15) is 9.59 Å². The Hall–Kier alpha value is -2.67. The van der Waals surface area contributed by atoms with Gasteiger partial charge in [0.1, 0.15) is 5.52 Å². The zero-order valence-corrected chi connectivity index (χ0v) is 17.7. The number of piperidine rings is 1. The molecular formula is C23H31N5O2. The maximum atomic E-state index is 12.9. The molecule has 30 heavy (non-hydrogen) atoms. The van der Waals surface area contributed by atoms with Gasteiger partial charge in [0.2, 0.25) is 5.91 Å². The van der Waals surface area contributed by atoms with E-state index >= 15 is 0 Å². The van der Waals surface area contributed by atoms with Crippen LogP contribution in [0.25, 0.3) is 16.7 Å². The molecule has 0 aromatic carbocycles. The van der Waals surface area contributed by atoms with E-state index in [0.717, 1.165) is 18.5 Å². The summed E-state index contributed by atoms with van der Waals surface area (Å²) in [5, 5.41) is 3.02. The Bertz CT molecular complexity index is 1070. The maximum absolute atomic E-state index is 12.9. The molecule has 0 spiro atoms. The summed E-state index contributed by atoms with van der Waals surface area (Å²) in [5.74, 6) is -0.0214. The third-order valence-electron chi connectivity index (χ3n) is 6.22. The molecule has 1 atom stereocenters. The molecule has 1 N–H and O–H groups in total. The first-order valence-electron chi connectivity index (χ1n) is 11.1. The van der Waals surface area contributed by atoms with Crippen LogP contribution in [0.15, 0.2) is 41.5 Å². The number of hydrogen-bond acceptors (Lipinski definition) is 4. The number of aromatic nitrogens is 3. The van der Waals surface area contributed by atoms with Crippen molar-refractivity contribution in [1.82, 2.24) is 24.2 Å². The third-order valence-corrected chi connectivity index (χ3v) is 6.22. The van der Waals surface area contributed by atoms with Crippen LogP contribution in [-0.4, -0.2) is 50.4 Å². The highest BCUT2D eigenvalue weighted by molar-refractivity contribution is 5.77. The second-order valence-electron chi connectivity index (χ2n) is 8.11. The zero-order valence-electron chi connectivity index (χ0n) is 17.7. The average molecular weight is 410 g/mol. The lowest BCUT2D eigenvalue weighted by Gasteiger charge is -2.35. The molecule has 7 nitrogen and oxygen atoms in total. The normalized spacial score (nSPS) is 17.6. The van der Waals surface area contributed by atoms with Crippen LogP contribution in [0, 0.1) is 0 Å². The average Bonchev–Trinajstić information content (AvgIpc) is 3.27. The number of nitrogens with one attached hydrogen (secondary N) is 1. The van der Waals surface area contributed by atoms with Gasteiger partial charge < -0.3 is 14.6 Å². The summed E-state index contributed by atoms with van der Waals surface area (Å²) < 4.78 is 3.47. The standard InChI is InChI=1S/C23H31N5O2/c1-2-18-8-3-4-14-26(18)15-7-13-24-21(29)11-17-28-22-19(9-5-12-25-22)27-16-6-10-20(27)23(28)30/h5-6,9-10,12,16,18H,2-4,7-8,11,13-15,17H2,1H3,(H,24,29)/t18-/m0/s1. The maximum Gasteiger partial charge on any atom is 0.276 e. The molecule has 160 valence electrons. The minimum atomic E-state index is -0.116. The number of aryl methyl sites for hydroxylation is 1. The Morgan fingerprint density at radius 1 is 1.20 bits per heavy atom. The first-order valence-corrected chi connectivity index (χ1v) is 11.1. The van der Waals surface area contributed by atoms with Crippen molar-refractivity contribution in [2.45, 2.75) is 58.0 Å². The van der Waals surface area contributed by atoms with Gasteiger partial charge in [-0.1, -0.05) is 13.3 Å². The molecule has 0 unspecified atom stereocenters. The minimum Gasteiger partial charge on any atom is -0.356 e. The fourth-order valence-corrected chi connectivity index (χ4v) is 4.62. The van der Waals surface area contributed by atoms with Crippen molar-refractivity contribution in [1.29, 1.82) is 0 Å². The molecule has 3 aromatic rings. The number of rotatable bonds is 8. The van der Waals surface area contributed by atoms with E-state index in [1.807, 2.05) is 28.8 Å². The lowest BCUT2D eigenvalue weighted by molar-refractivity contribution is -0.121.